The molecule has 0 aromatic carbocycles. The molecule has 0 atom stereocenters. The lowest BCUT2D eigenvalue weighted by Crippen LogP contribution is -2.27. The summed E-state index contributed by atoms with van der Waals surface area (Å²) in [5.41, 5.74) is 0. The minimum atomic E-state index is -0.0764. The third-order valence-corrected chi connectivity index (χ3v) is 1.11. The normalized spacial score (nSPS) is 9.64. The van der Waals surface area contributed by atoms with E-state index in [2.05, 4.69) is 5.32 Å². The van der Waals surface area contributed by atoms with Crippen LogP contribution in [0.1, 0.15) is 13.3 Å². The Morgan fingerprint density at radius 3 is 2.91 bits per heavy atom. The number of aliphatic hydroxyl groups is 1. The summed E-state index contributed by atoms with van der Waals surface area (Å²) in [7, 11) is 0. The van der Waals surface area contributed by atoms with Crippen molar-refractivity contribution in [3.63, 3.8) is 0 Å². The third kappa shape index (κ3) is 7.29. The van der Waals surface area contributed by atoms with E-state index in [9.17, 15) is 4.79 Å². The zero-order valence-corrected chi connectivity index (χ0v) is 6.80. The van der Waals surface area contributed by atoms with Crippen LogP contribution in [0.3, 0.4) is 0 Å². The number of ether oxygens (including phenoxy) is 1. The maximum Gasteiger partial charge on any atom is 0.222 e. The summed E-state index contributed by atoms with van der Waals surface area (Å²) in [6.45, 7) is 3.28. The van der Waals surface area contributed by atoms with Gasteiger partial charge in [0, 0.05) is 19.6 Å². The maximum absolute atomic E-state index is 10.8. The molecular formula is C7H15NO3. The Morgan fingerprint density at radius 1 is 1.64 bits per heavy atom. The summed E-state index contributed by atoms with van der Waals surface area (Å²) in [6.07, 6.45) is 0.369. The molecular weight excluding hydrogens is 146 g/mol. The van der Waals surface area contributed by atoms with Crippen molar-refractivity contribution >= 4 is 5.91 Å². The monoisotopic (exact) mass is 161 g/mol. The maximum atomic E-state index is 10.8. The van der Waals surface area contributed by atoms with Crippen LogP contribution in [-0.2, 0) is 9.53 Å². The van der Waals surface area contributed by atoms with Gasteiger partial charge in [-0.2, -0.15) is 0 Å². The summed E-state index contributed by atoms with van der Waals surface area (Å²) in [5, 5.41) is 10.9. The quantitative estimate of drug-likeness (QED) is 0.517. The topological polar surface area (TPSA) is 58.6 Å². The minimum absolute atomic E-state index is 0.0135. The first-order chi connectivity index (χ1) is 5.31. The van der Waals surface area contributed by atoms with Gasteiger partial charge in [-0.3, -0.25) is 4.79 Å². The second-order valence-electron chi connectivity index (χ2n) is 2.02. The molecule has 0 aromatic heterocycles. The molecule has 4 nitrogen and oxygen atoms in total. The molecule has 0 aliphatic heterocycles. The molecule has 0 radical (unpaired) electrons. The number of carbonyl (C=O) groups is 1. The van der Waals surface area contributed by atoms with Crippen LogP contribution in [0.25, 0.3) is 0 Å². The van der Waals surface area contributed by atoms with E-state index in [1.807, 2.05) is 6.92 Å². The van der Waals surface area contributed by atoms with Crippen LogP contribution in [0.15, 0.2) is 0 Å². The molecule has 4 heteroatoms. The van der Waals surface area contributed by atoms with Gasteiger partial charge >= 0.3 is 0 Å². The highest BCUT2D eigenvalue weighted by atomic mass is 16.5. The molecule has 0 bridgehead atoms. The third-order valence-electron chi connectivity index (χ3n) is 1.11. The average molecular weight is 161 g/mol. The minimum Gasteiger partial charge on any atom is -0.395 e. The second-order valence-corrected chi connectivity index (χ2v) is 2.02. The Balaban J connectivity index is 3.09. The van der Waals surface area contributed by atoms with E-state index in [-0.39, 0.29) is 12.5 Å². The summed E-state index contributed by atoms with van der Waals surface area (Å²) in [6, 6.07) is 0. The van der Waals surface area contributed by atoms with Crippen molar-refractivity contribution in [2.45, 2.75) is 13.3 Å². The van der Waals surface area contributed by atoms with Gasteiger partial charge in [-0.25, -0.2) is 0 Å². The molecule has 66 valence electrons. The fourth-order valence-electron chi connectivity index (χ4n) is 0.593. The molecule has 1 amide bonds. The molecule has 0 aliphatic rings. The van der Waals surface area contributed by atoms with E-state index in [1.165, 1.54) is 0 Å². The van der Waals surface area contributed by atoms with Crippen molar-refractivity contribution in [2.75, 3.05) is 26.4 Å². The van der Waals surface area contributed by atoms with Crippen LogP contribution in [-0.4, -0.2) is 37.4 Å². The van der Waals surface area contributed by atoms with Gasteiger partial charge in [-0.15, -0.1) is 0 Å². The van der Waals surface area contributed by atoms with Crippen molar-refractivity contribution in [2.24, 2.45) is 0 Å². The molecule has 11 heavy (non-hydrogen) atoms. The van der Waals surface area contributed by atoms with Gasteiger partial charge in [0.05, 0.1) is 13.2 Å². The number of nitrogens with one attached hydrogen (secondary N) is 1. The van der Waals surface area contributed by atoms with Gasteiger partial charge in [0.2, 0.25) is 5.91 Å². The Labute approximate surface area is 66.5 Å². The van der Waals surface area contributed by atoms with Crippen molar-refractivity contribution in [1.82, 2.24) is 5.32 Å². The lowest BCUT2D eigenvalue weighted by atomic mass is 10.4. The van der Waals surface area contributed by atoms with E-state index >= 15 is 0 Å². The van der Waals surface area contributed by atoms with E-state index in [0.717, 1.165) is 0 Å². The van der Waals surface area contributed by atoms with Gasteiger partial charge in [-0.1, -0.05) is 0 Å². The lowest BCUT2D eigenvalue weighted by molar-refractivity contribution is -0.122. The summed E-state index contributed by atoms with van der Waals surface area (Å²) >= 11 is 0. The van der Waals surface area contributed by atoms with Crippen LogP contribution in [0.5, 0.6) is 0 Å². The first-order valence-corrected chi connectivity index (χ1v) is 3.76. The van der Waals surface area contributed by atoms with E-state index in [0.29, 0.717) is 26.2 Å². The van der Waals surface area contributed by atoms with Gasteiger partial charge in [0.25, 0.3) is 0 Å². The lowest BCUT2D eigenvalue weighted by Gasteiger charge is -2.02. The summed E-state index contributed by atoms with van der Waals surface area (Å²) in [5.74, 6) is -0.0764. The predicted octanol–water partition coefficient (Wildman–Crippen LogP) is -0.479. The highest BCUT2D eigenvalue weighted by Crippen LogP contribution is 1.81. The highest BCUT2D eigenvalue weighted by Gasteiger charge is 1.97. The van der Waals surface area contributed by atoms with E-state index < -0.39 is 0 Å². The van der Waals surface area contributed by atoms with E-state index in [4.69, 9.17) is 9.84 Å². The molecule has 0 rings (SSSR count). The Hall–Kier alpha value is -0.610. The van der Waals surface area contributed by atoms with Crippen LogP contribution in [0, 0.1) is 0 Å². The molecule has 0 spiro atoms. The zero-order chi connectivity index (χ0) is 8.53. The molecule has 0 aromatic rings. The molecule has 0 saturated heterocycles. The molecule has 0 heterocycles. The summed E-state index contributed by atoms with van der Waals surface area (Å²) in [4.78, 5) is 10.8. The number of hydrogen-bond acceptors (Lipinski definition) is 3. The Kier molecular flexibility index (Phi) is 7.08. The van der Waals surface area contributed by atoms with Crippen molar-refractivity contribution in [3.05, 3.63) is 0 Å². The SMILES string of the molecule is CCOCCC(=O)NCCO. The van der Waals surface area contributed by atoms with Crippen molar-refractivity contribution < 1.29 is 14.6 Å². The van der Waals surface area contributed by atoms with Gasteiger partial charge in [-0.05, 0) is 6.92 Å². The van der Waals surface area contributed by atoms with Crippen LogP contribution >= 0.6 is 0 Å². The highest BCUT2D eigenvalue weighted by molar-refractivity contribution is 5.75. The van der Waals surface area contributed by atoms with Crippen LogP contribution in [0.4, 0.5) is 0 Å². The number of carbonyl (C=O) groups excluding carboxylic acids is 1. The molecule has 0 aliphatic carbocycles. The fraction of sp³-hybridized carbons (Fsp3) is 0.857. The predicted molar refractivity (Wildman–Crippen MR) is 41.2 cm³/mol. The molecule has 0 saturated carbocycles. The average Bonchev–Trinajstić information content (AvgIpc) is 2.01. The van der Waals surface area contributed by atoms with Gasteiger partial charge < -0.3 is 15.2 Å². The molecule has 2 N–H and O–H groups in total. The fourth-order valence-corrected chi connectivity index (χ4v) is 0.593. The van der Waals surface area contributed by atoms with Gasteiger partial charge in [0.1, 0.15) is 0 Å². The summed E-state index contributed by atoms with van der Waals surface area (Å²) < 4.78 is 4.96. The number of aliphatic hydroxyl groups excluding tert-OH is 1. The van der Waals surface area contributed by atoms with Gasteiger partial charge in [0.15, 0.2) is 0 Å². The number of hydrogen-bond donors (Lipinski definition) is 2. The van der Waals surface area contributed by atoms with Crippen molar-refractivity contribution in [1.29, 1.82) is 0 Å². The Morgan fingerprint density at radius 2 is 2.36 bits per heavy atom. The number of rotatable bonds is 6. The second kappa shape index (κ2) is 7.50. The first-order valence-electron chi connectivity index (χ1n) is 3.76. The Bertz CT molecular complexity index is 106. The largest absolute Gasteiger partial charge is 0.395 e. The van der Waals surface area contributed by atoms with Crippen LogP contribution in [0.2, 0.25) is 0 Å². The smallest absolute Gasteiger partial charge is 0.222 e. The van der Waals surface area contributed by atoms with Crippen molar-refractivity contribution in [3.8, 4) is 0 Å². The van der Waals surface area contributed by atoms with Crippen LogP contribution < -0.4 is 5.32 Å². The zero-order valence-electron chi connectivity index (χ0n) is 6.80. The first kappa shape index (κ1) is 10.4. The molecule has 0 unspecified atom stereocenters. The van der Waals surface area contributed by atoms with E-state index in [1.54, 1.807) is 0 Å². The standard InChI is InChI=1S/C7H15NO3/c1-2-11-6-3-7(10)8-4-5-9/h9H,2-6H2,1H3,(H,8,10). The number of amides is 1. The molecule has 0 fully saturated rings.